The molecular formula is C19H19N3O3. The van der Waals surface area contributed by atoms with Crippen LogP contribution < -0.4 is 10.2 Å². The molecule has 1 saturated carbocycles. The Bertz CT molecular complexity index is 828. The number of benzene rings is 1. The first-order valence-electron chi connectivity index (χ1n) is 8.44. The number of nitrogens with zero attached hydrogens (tertiary/aromatic N) is 2. The largest absolute Gasteiger partial charge is 0.447 e. The number of amides is 2. The zero-order valence-corrected chi connectivity index (χ0v) is 14.0. The van der Waals surface area contributed by atoms with Crippen molar-refractivity contribution in [1.82, 2.24) is 10.3 Å². The van der Waals surface area contributed by atoms with E-state index in [2.05, 4.69) is 10.3 Å². The maximum Gasteiger partial charge on any atom is 0.414 e. The molecule has 1 aromatic heterocycles. The molecule has 2 aromatic rings. The van der Waals surface area contributed by atoms with Crippen LogP contribution in [0.15, 0.2) is 36.5 Å². The van der Waals surface area contributed by atoms with Crippen molar-refractivity contribution in [3.63, 3.8) is 0 Å². The minimum atomic E-state index is -0.343. The highest BCUT2D eigenvalue weighted by molar-refractivity contribution is 5.96. The first kappa shape index (κ1) is 15.6. The van der Waals surface area contributed by atoms with Gasteiger partial charge < -0.3 is 10.1 Å². The van der Waals surface area contributed by atoms with Crippen molar-refractivity contribution in [2.24, 2.45) is 0 Å². The van der Waals surface area contributed by atoms with E-state index in [0.29, 0.717) is 30.4 Å². The first-order chi connectivity index (χ1) is 12.1. The molecule has 0 unspecified atom stereocenters. The van der Waals surface area contributed by atoms with Crippen molar-refractivity contribution < 1.29 is 14.3 Å². The molecule has 25 heavy (non-hydrogen) atoms. The van der Waals surface area contributed by atoms with E-state index in [9.17, 15) is 9.59 Å². The summed E-state index contributed by atoms with van der Waals surface area (Å²) in [6, 6.07) is 9.70. The Hall–Kier alpha value is -2.89. The SMILES string of the molecule is Cc1ccc(C(=O)NC2CC2)cc1-c1ccc(N2CCOC2=O)cn1. The standard InChI is InChI=1S/C19H19N3O3/c1-12-2-3-13(18(23)21-14-4-5-14)10-16(12)17-7-6-15(11-20-17)22-8-9-25-19(22)24/h2-3,6-7,10-11,14H,4-5,8-9H2,1H3,(H,21,23). The van der Waals surface area contributed by atoms with Gasteiger partial charge in [-0.3, -0.25) is 14.7 Å². The van der Waals surface area contributed by atoms with Gasteiger partial charge in [0.05, 0.1) is 24.1 Å². The quantitative estimate of drug-likeness (QED) is 0.931. The van der Waals surface area contributed by atoms with Gasteiger partial charge in [-0.1, -0.05) is 6.07 Å². The maximum atomic E-state index is 12.3. The minimum Gasteiger partial charge on any atom is -0.447 e. The van der Waals surface area contributed by atoms with E-state index in [1.165, 1.54) is 0 Å². The molecule has 1 N–H and O–H groups in total. The zero-order valence-electron chi connectivity index (χ0n) is 14.0. The number of cyclic esters (lactones) is 1. The van der Waals surface area contributed by atoms with Gasteiger partial charge in [-0.05, 0) is 49.6 Å². The number of aryl methyl sites for hydroxylation is 1. The van der Waals surface area contributed by atoms with Gasteiger partial charge in [0.15, 0.2) is 0 Å². The first-order valence-corrected chi connectivity index (χ1v) is 8.44. The van der Waals surface area contributed by atoms with Crippen LogP contribution in [-0.2, 0) is 4.74 Å². The van der Waals surface area contributed by atoms with Crippen LogP contribution in [0.25, 0.3) is 11.3 Å². The van der Waals surface area contributed by atoms with Crippen molar-refractivity contribution >= 4 is 17.7 Å². The fourth-order valence-electron chi connectivity index (χ4n) is 2.87. The van der Waals surface area contributed by atoms with Crippen molar-refractivity contribution in [2.45, 2.75) is 25.8 Å². The van der Waals surface area contributed by atoms with Gasteiger partial charge in [0, 0.05) is 17.2 Å². The van der Waals surface area contributed by atoms with Gasteiger partial charge >= 0.3 is 6.09 Å². The van der Waals surface area contributed by atoms with Crippen molar-refractivity contribution in [1.29, 1.82) is 0 Å². The number of nitrogens with one attached hydrogen (secondary N) is 1. The summed E-state index contributed by atoms with van der Waals surface area (Å²) in [6.45, 7) is 2.93. The molecule has 2 fully saturated rings. The lowest BCUT2D eigenvalue weighted by Crippen LogP contribution is -2.25. The molecule has 1 saturated heterocycles. The summed E-state index contributed by atoms with van der Waals surface area (Å²) >= 11 is 0. The summed E-state index contributed by atoms with van der Waals surface area (Å²) in [4.78, 5) is 29.9. The Labute approximate surface area is 145 Å². The molecule has 1 aromatic carbocycles. The summed E-state index contributed by atoms with van der Waals surface area (Å²) in [5.41, 5.74) is 4.09. The third kappa shape index (κ3) is 3.20. The number of anilines is 1. The van der Waals surface area contributed by atoms with Gasteiger partial charge in [0.2, 0.25) is 0 Å². The van der Waals surface area contributed by atoms with Crippen molar-refractivity contribution in [3.05, 3.63) is 47.7 Å². The Morgan fingerprint density at radius 1 is 1.28 bits per heavy atom. The van der Waals surface area contributed by atoms with Crippen LogP contribution in [0.3, 0.4) is 0 Å². The molecule has 2 amide bonds. The van der Waals surface area contributed by atoms with Crippen LogP contribution in [0.1, 0.15) is 28.8 Å². The molecule has 0 atom stereocenters. The molecule has 1 aliphatic carbocycles. The second kappa shape index (κ2) is 6.20. The van der Waals surface area contributed by atoms with Gasteiger partial charge in [0.1, 0.15) is 6.61 Å². The number of hydrogen-bond acceptors (Lipinski definition) is 4. The lowest BCUT2D eigenvalue weighted by atomic mass is 10.0. The number of hydrogen-bond donors (Lipinski definition) is 1. The van der Waals surface area contributed by atoms with Crippen molar-refractivity contribution in [3.8, 4) is 11.3 Å². The topological polar surface area (TPSA) is 71.5 Å². The van der Waals surface area contributed by atoms with E-state index in [1.54, 1.807) is 11.1 Å². The van der Waals surface area contributed by atoms with Crippen LogP contribution in [0, 0.1) is 6.92 Å². The highest BCUT2D eigenvalue weighted by Gasteiger charge is 2.25. The summed E-state index contributed by atoms with van der Waals surface area (Å²) in [7, 11) is 0. The van der Waals surface area contributed by atoms with E-state index >= 15 is 0 Å². The highest BCUT2D eigenvalue weighted by atomic mass is 16.6. The van der Waals surface area contributed by atoms with Crippen LogP contribution >= 0.6 is 0 Å². The third-order valence-electron chi connectivity index (χ3n) is 4.51. The molecule has 0 bridgehead atoms. The van der Waals surface area contributed by atoms with Crippen LogP contribution in [0.4, 0.5) is 10.5 Å². The predicted octanol–water partition coefficient (Wildman–Crippen LogP) is 2.91. The van der Waals surface area contributed by atoms with E-state index in [0.717, 1.165) is 29.7 Å². The Balaban J connectivity index is 1.59. The average molecular weight is 337 g/mol. The Kier molecular flexibility index (Phi) is 3.87. The van der Waals surface area contributed by atoms with E-state index in [1.807, 2.05) is 37.3 Å². The van der Waals surface area contributed by atoms with Crippen LogP contribution in [-0.4, -0.2) is 36.2 Å². The Morgan fingerprint density at radius 3 is 2.76 bits per heavy atom. The van der Waals surface area contributed by atoms with Crippen LogP contribution in [0.5, 0.6) is 0 Å². The summed E-state index contributed by atoms with van der Waals surface area (Å²) in [5, 5.41) is 3.00. The molecule has 0 radical (unpaired) electrons. The van der Waals surface area contributed by atoms with Gasteiger partial charge in [0.25, 0.3) is 5.91 Å². The number of ether oxygens (including phenoxy) is 1. The van der Waals surface area contributed by atoms with Gasteiger partial charge in [-0.2, -0.15) is 0 Å². The zero-order chi connectivity index (χ0) is 17.4. The van der Waals surface area contributed by atoms with Crippen LogP contribution in [0.2, 0.25) is 0 Å². The molecule has 6 nitrogen and oxygen atoms in total. The minimum absolute atomic E-state index is 0.0415. The number of aromatic nitrogens is 1. The number of carbonyl (C=O) groups is 2. The fraction of sp³-hybridized carbons (Fsp3) is 0.316. The fourth-order valence-corrected chi connectivity index (χ4v) is 2.87. The molecular weight excluding hydrogens is 318 g/mol. The lowest BCUT2D eigenvalue weighted by Gasteiger charge is -2.13. The smallest absolute Gasteiger partial charge is 0.414 e. The molecule has 128 valence electrons. The summed E-state index contributed by atoms with van der Waals surface area (Å²) < 4.78 is 4.95. The second-order valence-electron chi connectivity index (χ2n) is 6.45. The normalized spacial score (nSPS) is 16.7. The predicted molar refractivity (Wildman–Crippen MR) is 93.6 cm³/mol. The third-order valence-corrected chi connectivity index (χ3v) is 4.51. The van der Waals surface area contributed by atoms with E-state index in [4.69, 9.17) is 4.74 Å². The second-order valence-corrected chi connectivity index (χ2v) is 6.45. The highest BCUT2D eigenvalue weighted by Crippen LogP contribution is 2.26. The monoisotopic (exact) mass is 337 g/mol. The average Bonchev–Trinajstić information content (AvgIpc) is 3.33. The summed E-state index contributed by atoms with van der Waals surface area (Å²) in [6.07, 6.45) is 3.45. The van der Waals surface area contributed by atoms with Gasteiger partial charge in [-0.25, -0.2) is 4.79 Å². The number of pyridine rings is 1. The maximum absolute atomic E-state index is 12.3. The molecule has 4 rings (SSSR count). The van der Waals surface area contributed by atoms with Gasteiger partial charge in [-0.15, -0.1) is 0 Å². The molecule has 2 heterocycles. The molecule has 2 aliphatic rings. The molecule has 0 spiro atoms. The lowest BCUT2D eigenvalue weighted by molar-refractivity contribution is 0.0951. The van der Waals surface area contributed by atoms with E-state index < -0.39 is 0 Å². The molecule has 6 heteroatoms. The van der Waals surface area contributed by atoms with E-state index in [-0.39, 0.29) is 12.0 Å². The number of rotatable bonds is 4. The van der Waals surface area contributed by atoms with Crippen molar-refractivity contribution in [2.75, 3.05) is 18.1 Å². The number of carbonyl (C=O) groups excluding carboxylic acids is 2. The Morgan fingerprint density at radius 2 is 2.12 bits per heavy atom. The summed E-state index contributed by atoms with van der Waals surface area (Å²) in [5.74, 6) is -0.0415. The molecule has 1 aliphatic heterocycles.